The van der Waals surface area contributed by atoms with Crippen LogP contribution in [0, 0.1) is 0 Å². The molecule has 1 unspecified atom stereocenters. The van der Waals surface area contributed by atoms with Crippen molar-refractivity contribution < 1.29 is 4.74 Å². The highest BCUT2D eigenvalue weighted by molar-refractivity contribution is 4.57. The summed E-state index contributed by atoms with van der Waals surface area (Å²) in [5.74, 6) is 0. The van der Waals surface area contributed by atoms with Gasteiger partial charge >= 0.3 is 0 Å². The molecule has 0 aromatic rings. The normalized spacial score (nSPS) is 12.1. The molecule has 0 aliphatic rings. The summed E-state index contributed by atoms with van der Waals surface area (Å²) in [6, 6.07) is 0. The molecule has 0 amide bonds. The number of rotatable bonds is 14. The molecule has 0 spiro atoms. The van der Waals surface area contributed by atoms with Gasteiger partial charge in [-0.25, -0.2) is 0 Å². The minimum absolute atomic E-state index is 0.252. The van der Waals surface area contributed by atoms with Gasteiger partial charge in [-0.3, -0.25) is 0 Å². The molecule has 4 nitrogen and oxygen atoms in total. The van der Waals surface area contributed by atoms with Gasteiger partial charge in [-0.15, -0.1) is 0 Å². The van der Waals surface area contributed by atoms with Crippen molar-refractivity contribution in [2.24, 2.45) is 5.11 Å². The summed E-state index contributed by atoms with van der Waals surface area (Å²) in [5.41, 5.74) is 8.52. The molecule has 1 atom stereocenters. The Hall–Kier alpha value is -0.730. The van der Waals surface area contributed by atoms with E-state index in [0.29, 0.717) is 6.61 Å². The zero-order valence-corrected chi connectivity index (χ0v) is 12.8. The van der Waals surface area contributed by atoms with Gasteiger partial charge in [-0.05, 0) is 18.4 Å². The van der Waals surface area contributed by atoms with Crippen LogP contribution in [0.25, 0.3) is 10.4 Å². The van der Waals surface area contributed by atoms with E-state index in [2.05, 4.69) is 23.9 Å². The second-order valence-corrected chi connectivity index (χ2v) is 5.15. The molecule has 0 saturated carbocycles. The van der Waals surface area contributed by atoms with Crippen LogP contribution >= 0.6 is 0 Å². The summed E-state index contributed by atoms with van der Waals surface area (Å²) in [4.78, 5) is 2.87. The van der Waals surface area contributed by atoms with E-state index in [4.69, 9.17) is 10.3 Å². The summed E-state index contributed by atoms with van der Waals surface area (Å²) in [6.45, 7) is 5.12. The van der Waals surface area contributed by atoms with Gasteiger partial charge in [0.25, 0.3) is 0 Å². The maximum Gasteiger partial charge on any atom is 0.136 e. The monoisotopic (exact) mass is 269 g/mol. The fourth-order valence-corrected chi connectivity index (χ4v) is 2.08. The predicted molar refractivity (Wildman–Crippen MR) is 81.0 cm³/mol. The molecular weight excluding hydrogens is 238 g/mol. The van der Waals surface area contributed by atoms with Crippen molar-refractivity contribution in [3.05, 3.63) is 10.4 Å². The number of hydrogen-bond donors (Lipinski definition) is 0. The second kappa shape index (κ2) is 15.3. The SMILES string of the molecule is CCCCCCCCCC(N=[N+]=[N-])OCCCCC. The molecule has 0 aromatic carbocycles. The van der Waals surface area contributed by atoms with Crippen molar-refractivity contribution in [3.8, 4) is 0 Å². The van der Waals surface area contributed by atoms with Gasteiger partial charge in [0.2, 0.25) is 0 Å². The molecule has 0 saturated heterocycles. The number of nitrogens with zero attached hydrogens (tertiary/aromatic N) is 3. The van der Waals surface area contributed by atoms with E-state index in [1.165, 1.54) is 51.4 Å². The smallest absolute Gasteiger partial charge is 0.136 e. The average molecular weight is 269 g/mol. The topological polar surface area (TPSA) is 58.0 Å². The molecule has 0 aromatic heterocycles. The van der Waals surface area contributed by atoms with Crippen LogP contribution in [0.15, 0.2) is 5.11 Å². The first kappa shape index (κ1) is 18.3. The molecule has 0 aliphatic heterocycles. The Morgan fingerprint density at radius 1 is 0.895 bits per heavy atom. The van der Waals surface area contributed by atoms with Gasteiger partial charge in [-0.2, -0.15) is 0 Å². The van der Waals surface area contributed by atoms with Crippen LogP contribution in [-0.4, -0.2) is 12.8 Å². The number of unbranched alkanes of at least 4 members (excludes halogenated alkanes) is 8. The Labute approximate surface area is 118 Å². The maximum atomic E-state index is 8.52. The minimum Gasteiger partial charge on any atom is -0.372 e. The first-order valence-electron chi connectivity index (χ1n) is 8.01. The largest absolute Gasteiger partial charge is 0.372 e. The number of hydrogen-bond acceptors (Lipinski definition) is 2. The lowest BCUT2D eigenvalue weighted by Crippen LogP contribution is -2.10. The van der Waals surface area contributed by atoms with Crippen molar-refractivity contribution in [2.45, 2.75) is 90.7 Å². The first-order chi connectivity index (χ1) is 9.35. The third kappa shape index (κ3) is 13.5. The third-order valence-corrected chi connectivity index (χ3v) is 3.29. The van der Waals surface area contributed by atoms with Gasteiger partial charge in [0.15, 0.2) is 0 Å². The first-order valence-corrected chi connectivity index (χ1v) is 8.01. The molecule has 0 rings (SSSR count). The maximum absolute atomic E-state index is 8.52. The van der Waals surface area contributed by atoms with Crippen molar-refractivity contribution in [2.75, 3.05) is 6.61 Å². The van der Waals surface area contributed by atoms with E-state index in [9.17, 15) is 0 Å². The quantitative estimate of drug-likeness (QED) is 0.166. The van der Waals surface area contributed by atoms with E-state index in [-0.39, 0.29) is 6.23 Å². The van der Waals surface area contributed by atoms with Gasteiger partial charge in [0, 0.05) is 11.5 Å². The predicted octanol–water partition coefficient (Wildman–Crippen LogP) is 5.97. The minimum atomic E-state index is -0.252. The second-order valence-electron chi connectivity index (χ2n) is 5.15. The summed E-state index contributed by atoms with van der Waals surface area (Å²) >= 11 is 0. The Balaban J connectivity index is 3.51. The van der Waals surface area contributed by atoms with E-state index < -0.39 is 0 Å². The average Bonchev–Trinajstić information content (AvgIpc) is 2.42. The Kier molecular flexibility index (Phi) is 14.7. The molecular formula is C15H31N3O. The van der Waals surface area contributed by atoms with Crippen molar-refractivity contribution in [3.63, 3.8) is 0 Å². The van der Waals surface area contributed by atoms with E-state index >= 15 is 0 Å². The number of ether oxygens (including phenoxy) is 1. The molecule has 0 aliphatic carbocycles. The summed E-state index contributed by atoms with van der Waals surface area (Å²) in [5, 5.41) is 3.73. The standard InChI is InChI=1S/C15H31N3O/c1-3-5-7-8-9-10-11-13-15(17-18-16)19-14-12-6-4-2/h15H,3-14H2,1-2H3. The Bertz CT molecular complexity index is 227. The van der Waals surface area contributed by atoms with Crippen LogP contribution in [0.4, 0.5) is 0 Å². The van der Waals surface area contributed by atoms with Crippen molar-refractivity contribution in [1.29, 1.82) is 0 Å². The highest BCUT2D eigenvalue weighted by atomic mass is 16.5. The lowest BCUT2D eigenvalue weighted by molar-refractivity contribution is 0.0480. The van der Waals surface area contributed by atoms with Crippen molar-refractivity contribution in [1.82, 2.24) is 0 Å². The molecule has 0 N–H and O–H groups in total. The third-order valence-electron chi connectivity index (χ3n) is 3.29. The van der Waals surface area contributed by atoms with E-state index in [1.807, 2.05) is 0 Å². The van der Waals surface area contributed by atoms with Crippen molar-refractivity contribution >= 4 is 0 Å². The molecule has 0 heterocycles. The van der Waals surface area contributed by atoms with Crippen LogP contribution in [0.5, 0.6) is 0 Å². The van der Waals surface area contributed by atoms with E-state index in [1.54, 1.807) is 0 Å². The summed E-state index contributed by atoms with van der Waals surface area (Å²) in [7, 11) is 0. The van der Waals surface area contributed by atoms with Gasteiger partial charge in [-0.1, -0.05) is 76.7 Å². The highest BCUT2D eigenvalue weighted by Gasteiger charge is 2.05. The van der Waals surface area contributed by atoms with E-state index in [0.717, 1.165) is 19.3 Å². The molecule has 0 radical (unpaired) electrons. The zero-order chi connectivity index (χ0) is 14.2. The Morgan fingerprint density at radius 2 is 1.47 bits per heavy atom. The molecule has 4 heteroatoms. The Morgan fingerprint density at radius 3 is 2.11 bits per heavy atom. The van der Waals surface area contributed by atoms with Gasteiger partial charge in [0.1, 0.15) is 6.23 Å². The lowest BCUT2D eigenvalue weighted by atomic mass is 10.1. The highest BCUT2D eigenvalue weighted by Crippen LogP contribution is 2.12. The molecule has 0 bridgehead atoms. The number of azide groups is 1. The fraction of sp³-hybridized carbons (Fsp3) is 1.00. The zero-order valence-electron chi connectivity index (χ0n) is 12.8. The van der Waals surface area contributed by atoms with Crippen LogP contribution in [0.3, 0.4) is 0 Å². The molecule has 112 valence electrons. The lowest BCUT2D eigenvalue weighted by Gasteiger charge is -2.12. The van der Waals surface area contributed by atoms with Gasteiger partial charge in [0.05, 0.1) is 0 Å². The summed E-state index contributed by atoms with van der Waals surface area (Å²) in [6.07, 6.45) is 13.0. The van der Waals surface area contributed by atoms with Crippen LogP contribution < -0.4 is 0 Å². The van der Waals surface area contributed by atoms with Crippen LogP contribution in [0.2, 0.25) is 0 Å². The molecule has 0 fully saturated rings. The van der Waals surface area contributed by atoms with Crippen LogP contribution in [-0.2, 0) is 4.74 Å². The molecule has 19 heavy (non-hydrogen) atoms. The fourth-order valence-electron chi connectivity index (χ4n) is 2.08. The van der Waals surface area contributed by atoms with Crippen LogP contribution in [0.1, 0.15) is 84.5 Å². The van der Waals surface area contributed by atoms with Gasteiger partial charge < -0.3 is 4.74 Å². The summed E-state index contributed by atoms with van der Waals surface area (Å²) < 4.78 is 5.61.